The number of rotatable bonds is 5. The molecule has 0 radical (unpaired) electrons. The Morgan fingerprint density at radius 3 is 2.71 bits per heavy atom. The first kappa shape index (κ1) is 14.9. The van der Waals surface area contributed by atoms with Gasteiger partial charge < -0.3 is 19.3 Å². The van der Waals surface area contributed by atoms with E-state index < -0.39 is 0 Å². The molecule has 2 fully saturated rings. The van der Waals surface area contributed by atoms with Crippen LogP contribution in [0.1, 0.15) is 62.4 Å². The summed E-state index contributed by atoms with van der Waals surface area (Å²) < 4.78 is 16.5. The van der Waals surface area contributed by atoms with Gasteiger partial charge in [0.15, 0.2) is 0 Å². The van der Waals surface area contributed by atoms with Gasteiger partial charge in [-0.1, -0.05) is 24.4 Å². The summed E-state index contributed by atoms with van der Waals surface area (Å²) in [5, 5.41) is 7.53. The molecule has 6 nitrogen and oxygen atoms in total. The third-order valence-electron chi connectivity index (χ3n) is 4.77. The van der Waals surface area contributed by atoms with Gasteiger partial charge in [-0.05, 0) is 25.2 Å². The fourth-order valence-electron chi connectivity index (χ4n) is 3.52. The van der Waals surface area contributed by atoms with E-state index in [9.17, 15) is 0 Å². The summed E-state index contributed by atoms with van der Waals surface area (Å²) in [5.41, 5.74) is 0. The topological polar surface area (TPSA) is 69.4 Å². The number of nitrogens with one attached hydrogen (secondary N) is 1. The van der Waals surface area contributed by atoms with E-state index >= 15 is 0 Å². The van der Waals surface area contributed by atoms with Crippen LogP contribution < -0.4 is 5.32 Å². The van der Waals surface area contributed by atoms with Crippen LogP contribution in [0.15, 0.2) is 4.52 Å². The molecule has 1 aliphatic heterocycles. The summed E-state index contributed by atoms with van der Waals surface area (Å²) in [4.78, 5) is 4.59. The van der Waals surface area contributed by atoms with E-state index in [0.29, 0.717) is 17.6 Å². The number of hydrogen-bond acceptors (Lipinski definition) is 6. The molecule has 1 N–H and O–H groups in total. The van der Waals surface area contributed by atoms with Crippen LogP contribution in [0.3, 0.4) is 0 Å². The zero-order valence-corrected chi connectivity index (χ0v) is 12.9. The second-order valence-electron chi connectivity index (χ2n) is 6.10. The maximum absolute atomic E-state index is 5.66. The fraction of sp³-hybridized carbons (Fsp3) is 0.867. The molecule has 0 spiro atoms. The minimum Gasteiger partial charge on any atom is -0.380 e. The Balaban J connectivity index is 1.68. The van der Waals surface area contributed by atoms with Crippen molar-refractivity contribution in [2.45, 2.75) is 56.8 Å². The third-order valence-corrected chi connectivity index (χ3v) is 4.77. The molecule has 0 bridgehead atoms. The van der Waals surface area contributed by atoms with Crippen molar-refractivity contribution in [2.24, 2.45) is 5.92 Å². The second kappa shape index (κ2) is 6.85. The van der Waals surface area contributed by atoms with Gasteiger partial charge in [0, 0.05) is 20.8 Å². The first-order valence-electron chi connectivity index (χ1n) is 7.94. The average Bonchev–Trinajstić information content (AvgIpc) is 3.18. The summed E-state index contributed by atoms with van der Waals surface area (Å²) in [7, 11) is 3.47. The van der Waals surface area contributed by atoms with E-state index in [1.165, 1.54) is 32.1 Å². The van der Waals surface area contributed by atoms with Gasteiger partial charge in [0.1, 0.15) is 6.10 Å². The van der Waals surface area contributed by atoms with E-state index in [2.05, 4.69) is 15.5 Å². The van der Waals surface area contributed by atoms with Crippen molar-refractivity contribution in [2.75, 3.05) is 20.8 Å². The first-order valence-corrected chi connectivity index (χ1v) is 7.94. The van der Waals surface area contributed by atoms with Crippen molar-refractivity contribution in [1.82, 2.24) is 15.5 Å². The smallest absolute Gasteiger partial charge is 0.243 e. The monoisotopic (exact) mass is 295 g/mol. The molecule has 21 heavy (non-hydrogen) atoms. The molecule has 0 amide bonds. The summed E-state index contributed by atoms with van der Waals surface area (Å²) in [5.74, 6) is 1.86. The van der Waals surface area contributed by atoms with Gasteiger partial charge in [0.2, 0.25) is 11.7 Å². The zero-order valence-electron chi connectivity index (χ0n) is 12.9. The highest BCUT2D eigenvalue weighted by atomic mass is 16.5. The number of aromatic nitrogens is 2. The van der Waals surface area contributed by atoms with Crippen LogP contribution >= 0.6 is 0 Å². The molecular weight excluding hydrogens is 270 g/mol. The normalized spacial score (nSPS) is 28.9. The van der Waals surface area contributed by atoms with Crippen LogP contribution in [0.5, 0.6) is 0 Å². The summed E-state index contributed by atoms with van der Waals surface area (Å²) in [6, 6.07) is 0.0973. The minimum absolute atomic E-state index is 0.0394. The van der Waals surface area contributed by atoms with Crippen molar-refractivity contribution in [3.05, 3.63) is 11.7 Å². The van der Waals surface area contributed by atoms with Crippen LogP contribution in [-0.4, -0.2) is 37.0 Å². The Labute approximate surface area is 125 Å². The quantitative estimate of drug-likeness (QED) is 0.899. The molecule has 1 saturated heterocycles. The highest BCUT2D eigenvalue weighted by Gasteiger charge is 2.33. The third kappa shape index (κ3) is 3.27. The van der Waals surface area contributed by atoms with Gasteiger partial charge in [-0.2, -0.15) is 4.98 Å². The highest BCUT2D eigenvalue weighted by Crippen LogP contribution is 2.36. The maximum atomic E-state index is 5.66. The molecule has 1 aromatic heterocycles. The Hall–Kier alpha value is -0.980. The van der Waals surface area contributed by atoms with Gasteiger partial charge in [0.05, 0.1) is 12.1 Å². The largest absolute Gasteiger partial charge is 0.380 e. The molecule has 2 heterocycles. The second-order valence-corrected chi connectivity index (χ2v) is 6.10. The lowest BCUT2D eigenvalue weighted by Gasteiger charge is -2.26. The molecule has 2 aliphatic rings. The van der Waals surface area contributed by atoms with Crippen LogP contribution in [0.4, 0.5) is 0 Å². The Kier molecular flexibility index (Phi) is 4.87. The lowest BCUT2D eigenvalue weighted by atomic mass is 9.85. The van der Waals surface area contributed by atoms with Crippen LogP contribution in [0, 0.1) is 5.92 Å². The lowest BCUT2D eigenvalue weighted by Crippen LogP contribution is -2.19. The molecule has 1 aliphatic carbocycles. The van der Waals surface area contributed by atoms with Crippen molar-refractivity contribution < 1.29 is 14.0 Å². The fourth-order valence-corrected chi connectivity index (χ4v) is 3.52. The van der Waals surface area contributed by atoms with Gasteiger partial charge in [-0.3, -0.25) is 0 Å². The van der Waals surface area contributed by atoms with Gasteiger partial charge in [-0.15, -0.1) is 0 Å². The Morgan fingerprint density at radius 1 is 1.24 bits per heavy atom. The SMILES string of the molecule is COC1CNC(c2nc(C(OC)C3CCCCC3)no2)C1. The first-order chi connectivity index (χ1) is 10.3. The molecule has 3 atom stereocenters. The van der Waals surface area contributed by atoms with E-state index in [0.717, 1.165) is 13.0 Å². The Morgan fingerprint density at radius 2 is 2.05 bits per heavy atom. The predicted octanol–water partition coefficient (Wildman–Crippen LogP) is 2.39. The summed E-state index contributed by atoms with van der Waals surface area (Å²) in [6.07, 6.45) is 7.31. The summed E-state index contributed by atoms with van der Waals surface area (Å²) in [6.45, 7) is 0.829. The van der Waals surface area contributed by atoms with Crippen LogP contribution in [0.2, 0.25) is 0 Å². The molecule has 118 valence electrons. The van der Waals surface area contributed by atoms with Crippen molar-refractivity contribution in [1.29, 1.82) is 0 Å². The van der Waals surface area contributed by atoms with Crippen molar-refractivity contribution in [3.63, 3.8) is 0 Å². The molecule has 1 saturated carbocycles. The number of methoxy groups -OCH3 is 2. The molecular formula is C15H25N3O3. The molecule has 1 aromatic rings. The standard InChI is InChI=1S/C15H25N3O3/c1-19-11-8-12(16-9-11)15-17-14(18-21-15)13(20-2)10-6-4-3-5-7-10/h10-13,16H,3-9H2,1-2H3. The Bertz CT molecular complexity index is 445. The van der Waals surface area contributed by atoms with E-state index in [4.69, 9.17) is 14.0 Å². The molecule has 3 unspecified atom stereocenters. The molecule has 3 rings (SSSR count). The van der Waals surface area contributed by atoms with E-state index in [1.807, 2.05) is 0 Å². The van der Waals surface area contributed by atoms with Crippen LogP contribution in [-0.2, 0) is 9.47 Å². The lowest BCUT2D eigenvalue weighted by molar-refractivity contribution is 0.0273. The predicted molar refractivity (Wildman–Crippen MR) is 76.8 cm³/mol. The van der Waals surface area contributed by atoms with Crippen LogP contribution in [0.25, 0.3) is 0 Å². The number of hydrogen-bond donors (Lipinski definition) is 1. The molecule has 0 aromatic carbocycles. The number of ether oxygens (including phenoxy) is 2. The minimum atomic E-state index is -0.0394. The highest BCUT2D eigenvalue weighted by molar-refractivity contribution is 5.01. The van der Waals surface area contributed by atoms with E-state index in [1.54, 1.807) is 14.2 Å². The van der Waals surface area contributed by atoms with Crippen molar-refractivity contribution in [3.8, 4) is 0 Å². The zero-order chi connectivity index (χ0) is 14.7. The molecule has 6 heteroatoms. The van der Waals surface area contributed by atoms with Crippen molar-refractivity contribution >= 4 is 0 Å². The van der Waals surface area contributed by atoms with Gasteiger partial charge in [0.25, 0.3) is 0 Å². The maximum Gasteiger partial charge on any atom is 0.243 e. The van der Waals surface area contributed by atoms with Gasteiger partial charge >= 0.3 is 0 Å². The van der Waals surface area contributed by atoms with Gasteiger partial charge in [-0.25, -0.2) is 0 Å². The number of nitrogens with zero attached hydrogens (tertiary/aromatic N) is 2. The summed E-state index contributed by atoms with van der Waals surface area (Å²) >= 11 is 0. The van der Waals surface area contributed by atoms with E-state index in [-0.39, 0.29) is 18.2 Å². The average molecular weight is 295 g/mol.